The number of hydrogen-bond acceptors (Lipinski definition) is 6. The van der Waals surface area contributed by atoms with Crippen LogP contribution in [0, 0.1) is 0 Å². The van der Waals surface area contributed by atoms with E-state index in [9.17, 15) is 14.4 Å². The van der Waals surface area contributed by atoms with E-state index in [4.69, 9.17) is 4.74 Å². The van der Waals surface area contributed by atoms with Crippen molar-refractivity contribution in [1.29, 1.82) is 0 Å². The molecule has 1 heterocycles. The van der Waals surface area contributed by atoms with Gasteiger partial charge in [-0.2, -0.15) is 5.10 Å². The highest BCUT2D eigenvalue weighted by atomic mass is 79.9. The van der Waals surface area contributed by atoms with Crippen LogP contribution in [0.15, 0.2) is 64.2 Å². The lowest BCUT2D eigenvalue weighted by molar-refractivity contribution is -0.147. The Morgan fingerprint density at radius 1 is 1.14 bits per heavy atom. The number of esters is 1. The van der Waals surface area contributed by atoms with E-state index in [0.29, 0.717) is 11.4 Å². The summed E-state index contributed by atoms with van der Waals surface area (Å²) in [7, 11) is 0. The van der Waals surface area contributed by atoms with Gasteiger partial charge in [-0.1, -0.05) is 34.1 Å². The molecule has 2 aromatic carbocycles. The molecule has 7 nitrogen and oxygen atoms in total. The number of amides is 1. The summed E-state index contributed by atoms with van der Waals surface area (Å²) in [5.74, 6) is -2.42. The lowest BCUT2D eigenvalue weighted by Gasteiger charge is -2.31. The first kappa shape index (κ1) is 19.8. The van der Waals surface area contributed by atoms with E-state index in [0.717, 1.165) is 9.37 Å². The lowest BCUT2D eigenvalue weighted by Crippen LogP contribution is -2.55. The Morgan fingerprint density at radius 3 is 2.39 bits per heavy atom. The van der Waals surface area contributed by atoms with Gasteiger partial charge in [-0.15, -0.1) is 0 Å². The predicted octanol–water partition coefficient (Wildman–Crippen LogP) is 3.15. The summed E-state index contributed by atoms with van der Waals surface area (Å²) in [6, 6.07) is 15.6. The summed E-state index contributed by atoms with van der Waals surface area (Å²) < 4.78 is 6.05. The Bertz CT molecular complexity index is 944. The largest absolute Gasteiger partial charge is 0.464 e. The summed E-state index contributed by atoms with van der Waals surface area (Å²) in [6.07, 6.45) is 0. The van der Waals surface area contributed by atoms with Gasteiger partial charge in [0.05, 0.1) is 12.3 Å². The van der Waals surface area contributed by atoms with Crippen molar-refractivity contribution in [2.45, 2.75) is 19.4 Å². The SMILES string of the molecule is CCOC(=O)[C@@]1(C)C(=NNc2ccc(Br)cc2)C(=O)C(=O)N1c1ccccc1. The number of anilines is 2. The van der Waals surface area contributed by atoms with Crippen LogP contribution in [0.2, 0.25) is 0 Å². The Morgan fingerprint density at radius 2 is 1.79 bits per heavy atom. The molecule has 1 atom stereocenters. The van der Waals surface area contributed by atoms with E-state index in [1.165, 1.54) is 6.92 Å². The molecule has 1 fully saturated rings. The zero-order valence-electron chi connectivity index (χ0n) is 15.3. The number of Topliss-reactive ketones (excluding diaryl/α,β-unsaturated/α-hetero) is 1. The van der Waals surface area contributed by atoms with Gasteiger partial charge in [0, 0.05) is 10.2 Å². The fourth-order valence-corrected chi connectivity index (χ4v) is 3.21. The van der Waals surface area contributed by atoms with E-state index >= 15 is 0 Å². The average molecular weight is 444 g/mol. The number of carbonyl (C=O) groups is 3. The highest BCUT2D eigenvalue weighted by molar-refractivity contribution is 9.10. The van der Waals surface area contributed by atoms with Crippen LogP contribution in [0.1, 0.15) is 13.8 Å². The minimum Gasteiger partial charge on any atom is -0.464 e. The van der Waals surface area contributed by atoms with Crippen LogP contribution >= 0.6 is 15.9 Å². The Labute approximate surface area is 170 Å². The van der Waals surface area contributed by atoms with Gasteiger partial charge in [0.15, 0.2) is 11.3 Å². The molecule has 0 radical (unpaired) electrons. The fourth-order valence-electron chi connectivity index (χ4n) is 2.95. The number of nitrogens with zero attached hydrogens (tertiary/aromatic N) is 2. The number of para-hydroxylation sites is 1. The number of hydrazone groups is 1. The zero-order valence-corrected chi connectivity index (χ0v) is 16.9. The molecule has 3 rings (SSSR count). The first-order valence-corrected chi connectivity index (χ1v) is 9.39. The molecular weight excluding hydrogens is 426 g/mol. The smallest absolute Gasteiger partial charge is 0.338 e. The third kappa shape index (κ3) is 3.43. The van der Waals surface area contributed by atoms with Gasteiger partial charge in [0.25, 0.3) is 5.78 Å². The van der Waals surface area contributed by atoms with Crippen molar-refractivity contribution < 1.29 is 19.1 Å². The molecule has 1 amide bonds. The van der Waals surface area contributed by atoms with Crippen molar-refractivity contribution in [3.8, 4) is 0 Å². The standard InChI is InChI=1S/C20H18BrN3O4/c1-3-28-19(27)20(2)17(23-22-14-11-9-13(21)10-12-14)16(25)18(26)24(20)15-7-5-4-6-8-15/h4-12,22H,3H2,1-2H3/t20-/m1/s1. The number of benzene rings is 2. The second kappa shape index (κ2) is 7.93. The molecule has 0 spiro atoms. The predicted molar refractivity (Wildman–Crippen MR) is 109 cm³/mol. The van der Waals surface area contributed by atoms with Crippen LogP contribution in [0.5, 0.6) is 0 Å². The third-order valence-electron chi connectivity index (χ3n) is 4.35. The third-order valence-corrected chi connectivity index (χ3v) is 4.88. The molecular formula is C20H18BrN3O4. The molecule has 0 saturated carbocycles. The van der Waals surface area contributed by atoms with Crippen LogP contribution in [0.4, 0.5) is 11.4 Å². The second-order valence-corrected chi connectivity index (χ2v) is 7.09. The number of ketones is 1. The highest BCUT2D eigenvalue weighted by Crippen LogP contribution is 2.33. The number of ether oxygens (including phenoxy) is 1. The van der Waals surface area contributed by atoms with Crippen molar-refractivity contribution in [2.75, 3.05) is 16.9 Å². The Hall–Kier alpha value is -3.00. The summed E-state index contributed by atoms with van der Waals surface area (Å²) in [5, 5.41) is 4.13. The Kier molecular flexibility index (Phi) is 5.60. The maximum absolute atomic E-state index is 12.8. The maximum atomic E-state index is 12.8. The Balaban J connectivity index is 2.07. The van der Waals surface area contributed by atoms with E-state index in [1.54, 1.807) is 61.5 Å². The van der Waals surface area contributed by atoms with Gasteiger partial charge in [-0.25, -0.2) is 4.79 Å². The van der Waals surface area contributed by atoms with E-state index in [2.05, 4.69) is 26.5 Å². The maximum Gasteiger partial charge on any atom is 0.338 e. The summed E-state index contributed by atoms with van der Waals surface area (Å²) >= 11 is 3.34. The number of halogens is 1. The first-order valence-electron chi connectivity index (χ1n) is 8.60. The summed E-state index contributed by atoms with van der Waals surface area (Å²) in [6.45, 7) is 3.22. The molecule has 1 aliphatic rings. The molecule has 0 aromatic heterocycles. The van der Waals surface area contributed by atoms with E-state index < -0.39 is 23.2 Å². The van der Waals surface area contributed by atoms with Crippen LogP contribution in [0.25, 0.3) is 0 Å². The van der Waals surface area contributed by atoms with Crippen LogP contribution in [-0.4, -0.2) is 35.5 Å². The van der Waals surface area contributed by atoms with E-state index in [1.807, 2.05) is 0 Å². The quantitative estimate of drug-likeness (QED) is 0.435. The molecule has 0 unspecified atom stereocenters. The van der Waals surface area contributed by atoms with Gasteiger partial charge in [0.1, 0.15) is 0 Å². The van der Waals surface area contributed by atoms with Crippen molar-refractivity contribution >= 4 is 50.7 Å². The number of rotatable bonds is 5. The van der Waals surface area contributed by atoms with Crippen LogP contribution < -0.4 is 10.3 Å². The van der Waals surface area contributed by atoms with Crippen molar-refractivity contribution in [3.63, 3.8) is 0 Å². The van der Waals surface area contributed by atoms with Crippen molar-refractivity contribution in [1.82, 2.24) is 0 Å². The van der Waals surface area contributed by atoms with Crippen molar-refractivity contribution in [2.24, 2.45) is 5.10 Å². The average Bonchev–Trinajstić information content (AvgIpc) is 2.89. The van der Waals surface area contributed by atoms with Crippen molar-refractivity contribution in [3.05, 3.63) is 59.1 Å². The second-order valence-electron chi connectivity index (χ2n) is 6.18. The molecule has 144 valence electrons. The van der Waals surface area contributed by atoms with Gasteiger partial charge < -0.3 is 4.74 Å². The zero-order chi connectivity index (χ0) is 20.3. The molecule has 28 heavy (non-hydrogen) atoms. The van der Waals surface area contributed by atoms with Gasteiger partial charge >= 0.3 is 11.9 Å². The molecule has 0 aliphatic carbocycles. The first-order chi connectivity index (χ1) is 13.4. The topological polar surface area (TPSA) is 88.1 Å². The highest BCUT2D eigenvalue weighted by Gasteiger charge is 2.60. The fraction of sp³-hybridized carbons (Fsp3) is 0.200. The van der Waals surface area contributed by atoms with Crippen LogP contribution in [-0.2, 0) is 19.1 Å². The lowest BCUT2D eigenvalue weighted by atomic mass is 9.95. The monoisotopic (exact) mass is 443 g/mol. The van der Waals surface area contributed by atoms with Gasteiger partial charge in [-0.3, -0.25) is 19.9 Å². The summed E-state index contributed by atoms with van der Waals surface area (Å²) in [4.78, 5) is 39.4. The molecule has 1 saturated heterocycles. The minimum atomic E-state index is -1.69. The normalized spacial score (nSPS) is 20.5. The van der Waals surface area contributed by atoms with Gasteiger partial charge in [-0.05, 0) is 50.2 Å². The molecule has 8 heteroatoms. The van der Waals surface area contributed by atoms with E-state index in [-0.39, 0.29) is 12.3 Å². The molecule has 1 aliphatic heterocycles. The molecule has 1 N–H and O–H groups in total. The molecule has 0 bridgehead atoms. The van der Waals surface area contributed by atoms with Crippen LogP contribution in [0.3, 0.4) is 0 Å². The number of nitrogens with one attached hydrogen (secondary N) is 1. The number of carbonyl (C=O) groups excluding carboxylic acids is 3. The minimum absolute atomic E-state index is 0.104. The number of hydrogen-bond donors (Lipinski definition) is 1. The molecule has 2 aromatic rings. The summed E-state index contributed by atoms with van der Waals surface area (Å²) in [5.41, 5.74) is 1.85. The van der Waals surface area contributed by atoms with Gasteiger partial charge in [0.2, 0.25) is 0 Å².